The Bertz CT molecular complexity index is 1180. The van der Waals surface area contributed by atoms with Gasteiger partial charge in [0.25, 0.3) is 5.91 Å². The van der Waals surface area contributed by atoms with Crippen LogP contribution >= 0.6 is 0 Å². The Kier molecular flexibility index (Phi) is 4.66. The third kappa shape index (κ3) is 3.90. The molecule has 5 nitrogen and oxygen atoms in total. The van der Waals surface area contributed by atoms with Crippen LogP contribution in [0.3, 0.4) is 0 Å². The number of para-hydroxylation sites is 1. The van der Waals surface area contributed by atoms with Crippen LogP contribution in [0.1, 0.15) is 42.4 Å². The molecule has 0 saturated carbocycles. The number of nitrogens with one attached hydrogen (secondary N) is 1. The third-order valence-corrected chi connectivity index (χ3v) is 4.89. The van der Waals surface area contributed by atoms with Crippen molar-refractivity contribution in [2.75, 3.05) is 5.32 Å². The Balaban J connectivity index is 1.63. The number of anilines is 1. The van der Waals surface area contributed by atoms with Crippen molar-refractivity contribution >= 4 is 22.6 Å². The summed E-state index contributed by atoms with van der Waals surface area (Å²) >= 11 is 0. The molecule has 4 rings (SSSR count). The second-order valence-electron chi connectivity index (χ2n) is 8.23. The van der Waals surface area contributed by atoms with Gasteiger partial charge in [0.1, 0.15) is 5.82 Å². The predicted molar refractivity (Wildman–Crippen MR) is 117 cm³/mol. The van der Waals surface area contributed by atoms with Crippen LogP contribution in [-0.4, -0.2) is 20.7 Å². The molecule has 0 saturated heterocycles. The highest BCUT2D eigenvalue weighted by molar-refractivity contribution is 6.04. The van der Waals surface area contributed by atoms with E-state index in [0.717, 1.165) is 16.6 Å². The van der Waals surface area contributed by atoms with Gasteiger partial charge in [-0.15, -0.1) is 0 Å². The smallest absolute Gasteiger partial charge is 0.256 e. The molecular weight excluding hydrogens is 360 g/mol. The maximum absolute atomic E-state index is 12.8. The van der Waals surface area contributed by atoms with E-state index in [2.05, 4.69) is 36.2 Å². The molecule has 0 fully saturated rings. The second-order valence-corrected chi connectivity index (χ2v) is 8.23. The minimum atomic E-state index is -0.174. The molecule has 0 aliphatic rings. The van der Waals surface area contributed by atoms with E-state index in [9.17, 15) is 4.79 Å². The summed E-state index contributed by atoms with van der Waals surface area (Å²) in [6.07, 6.45) is 0. The van der Waals surface area contributed by atoms with Crippen molar-refractivity contribution in [1.82, 2.24) is 14.8 Å². The summed E-state index contributed by atoms with van der Waals surface area (Å²) < 4.78 is 1.67. The van der Waals surface area contributed by atoms with Gasteiger partial charge in [-0.05, 0) is 48.2 Å². The van der Waals surface area contributed by atoms with Crippen molar-refractivity contribution in [1.29, 1.82) is 0 Å². The van der Waals surface area contributed by atoms with Gasteiger partial charge in [0.05, 0.1) is 11.2 Å². The molecule has 5 heteroatoms. The molecule has 2 heterocycles. The molecular formula is C24H24N4O. The molecule has 0 unspecified atom stereocenters. The fourth-order valence-corrected chi connectivity index (χ4v) is 3.25. The van der Waals surface area contributed by atoms with Gasteiger partial charge in [-0.2, -0.15) is 9.78 Å². The lowest BCUT2D eigenvalue weighted by molar-refractivity contribution is 0.102. The normalized spacial score (nSPS) is 11.6. The van der Waals surface area contributed by atoms with Gasteiger partial charge in [0.15, 0.2) is 5.82 Å². The summed E-state index contributed by atoms with van der Waals surface area (Å²) in [5.41, 5.74) is 3.53. The number of nitrogens with zero attached hydrogens (tertiary/aromatic N) is 3. The van der Waals surface area contributed by atoms with Crippen molar-refractivity contribution in [3.63, 3.8) is 0 Å². The van der Waals surface area contributed by atoms with Gasteiger partial charge < -0.3 is 5.32 Å². The zero-order valence-electron chi connectivity index (χ0n) is 17.1. The number of fused-ring (bicyclic) bond motifs is 1. The Hall–Kier alpha value is -3.47. The molecule has 0 bridgehead atoms. The minimum Gasteiger partial charge on any atom is -0.306 e. The number of carbonyl (C=O) groups excluding carboxylic acids is 1. The number of aryl methyl sites for hydroxylation is 1. The molecule has 2 aromatic heterocycles. The maximum atomic E-state index is 12.8. The first-order valence-electron chi connectivity index (χ1n) is 9.66. The number of rotatable bonds is 3. The monoisotopic (exact) mass is 384 g/mol. The molecule has 146 valence electrons. The van der Waals surface area contributed by atoms with Gasteiger partial charge >= 0.3 is 0 Å². The average molecular weight is 384 g/mol. The first-order chi connectivity index (χ1) is 13.8. The highest BCUT2D eigenvalue weighted by Crippen LogP contribution is 2.23. The van der Waals surface area contributed by atoms with Crippen LogP contribution in [0.4, 0.5) is 5.82 Å². The van der Waals surface area contributed by atoms with Crippen LogP contribution in [0.2, 0.25) is 0 Å². The van der Waals surface area contributed by atoms with Gasteiger partial charge in [-0.25, -0.2) is 4.98 Å². The lowest BCUT2D eigenvalue weighted by Gasteiger charge is -2.19. The van der Waals surface area contributed by atoms with Gasteiger partial charge in [0, 0.05) is 17.0 Å². The van der Waals surface area contributed by atoms with Crippen molar-refractivity contribution in [2.24, 2.45) is 0 Å². The van der Waals surface area contributed by atoms with E-state index in [4.69, 9.17) is 0 Å². The largest absolute Gasteiger partial charge is 0.306 e. The Morgan fingerprint density at radius 1 is 0.966 bits per heavy atom. The second kappa shape index (κ2) is 7.17. The molecule has 2 aromatic carbocycles. The zero-order chi connectivity index (χ0) is 20.6. The number of benzene rings is 2. The van der Waals surface area contributed by atoms with Crippen LogP contribution in [0.5, 0.6) is 0 Å². The van der Waals surface area contributed by atoms with Gasteiger partial charge in [-0.1, -0.05) is 51.1 Å². The number of pyridine rings is 1. The average Bonchev–Trinajstić information content (AvgIpc) is 3.07. The predicted octanol–water partition coefficient (Wildman–Crippen LogP) is 5.28. The number of amides is 1. The summed E-state index contributed by atoms with van der Waals surface area (Å²) in [7, 11) is 0. The lowest BCUT2D eigenvalue weighted by Crippen LogP contribution is -2.16. The maximum Gasteiger partial charge on any atom is 0.256 e. The highest BCUT2D eigenvalue weighted by Gasteiger charge is 2.16. The Morgan fingerprint density at radius 2 is 1.69 bits per heavy atom. The first-order valence-corrected chi connectivity index (χ1v) is 9.66. The number of hydrogen-bond acceptors (Lipinski definition) is 3. The van der Waals surface area contributed by atoms with Crippen LogP contribution in [0, 0.1) is 6.92 Å². The summed E-state index contributed by atoms with van der Waals surface area (Å²) in [5.74, 6) is 1.08. The van der Waals surface area contributed by atoms with E-state index in [0.29, 0.717) is 17.2 Å². The SMILES string of the molecule is Cc1cc(NC(=O)c2ccc(C(C)(C)C)cc2)n(-c2ccc3ccccc3n2)n1. The summed E-state index contributed by atoms with van der Waals surface area (Å²) in [5, 5.41) is 8.55. The van der Waals surface area contributed by atoms with Gasteiger partial charge in [-0.3, -0.25) is 4.79 Å². The lowest BCUT2D eigenvalue weighted by atomic mass is 9.87. The summed E-state index contributed by atoms with van der Waals surface area (Å²) in [4.78, 5) is 17.5. The topological polar surface area (TPSA) is 59.8 Å². The molecule has 0 radical (unpaired) electrons. The standard InChI is InChI=1S/C24H24N4O/c1-16-15-22(26-23(29)18-9-12-19(13-10-18)24(2,3)4)28(27-16)21-14-11-17-7-5-6-8-20(17)25-21/h5-15H,1-4H3,(H,26,29). The Labute approximate surface area is 170 Å². The van der Waals surface area contributed by atoms with Crippen molar-refractivity contribution in [3.8, 4) is 5.82 Å². The van der Waals surface area contributed by atoms with E-state index in [1.165, 1.54) is 5.56 Å². The van der Waals surface area contributed by atoms with Crippen molar-refractivity contribution in [3.05, 3.63) is 83.6 Å². The van der Waals surface area contributed by atoms with E-state index in [-0.39, 0.29) is 11.3 Å². The van der Waals surface area contributed by atoms with Crippen LogP contribution in [-0.2, 0) is 5.41 Å². The molecule has 0 aliphatic heterocycles. The molecule has 1 amide bonds. The zero-order valence-corrected chi connectivity index (χ0v) is 17.1. The fourth-order valence-electron chi connectivity index (χ4n) is 3.25. The molecule has 0 spiro atoms. The quantitative estimate of drug-likeness (QED) is 0.523. The van der Waals surface area contributed by atoms with E-state index >= 15 is 0 Å². The van der Waals surface area contributed by atoms with E-state index in [1.807, 2.05) is 73.7 Å². The molecule has 0 aliphatic carbocycles. The van der Waals surface area contributed by atoms with Gasteiger partial charge in [0.2, 0.25) is 0 Å². The minimum absolute atomic E-state index is 0.0481. The van der Waals surface area contributed by atoms with Crippen LogP contribution in [0.25, 0.3) is 16.7 Å². The van der Waals surface area contributed by atoms with E-state index < -0.39 is 0 Å². The fraction of sp³-hybridized carbons (Fsp3) is 0.208. The van der Waals surface area contributed by atoms with Crippen LogP contribution < -0.4 is 5.32 Å². The van der Waals surface area contributed by atoms with Crippen molar-refractivity contribution < 1.29 is 4.79 Å². The number of hydrogen-bond donors (Lipinski definition) is 1. The highest BCUT2D eigenvalue weighted by atomic mass is 16.1. The van der Waals surface area contributed by atoms with E-state index in [1.54, 1.807) is 4.68 Å². The van der Waals surface area contributed by atoms with Crippen LogP contribution in [0.15, 0.2) is 66.7 Å². The van der Waals surface area contributed by atoms with Crippen molar-refractivity contribution in [2.45, 2.75) is 33.1 Å². The Morgan fingerprint density at radius 3 is 2.41 bits per heavy atom. The molecule has 4 aromatic rings. The third-order valence-electron chi connectivity index (χ3n) is 4.89. The molecule has 0 atom stereocenters. The first kappa shape index (κ1) is 18.9. The molecule has 29 heavy (non-hydrogen) atoms. The summed E-state index contributed by atoms with van der Waals surface area (Å²) in [6, 6.07) is 21.4. The molecule has 1 N–H and O–H groups in total. The number of aromatic nitrogens is 3. The number of carbonyl (C=O) groups is 1. The summed E-state index contributed by atoms with van der Waals surface area (Å²) in [6.45, 7) is 8.35.